The van der Waals surface area contributed by atoms with E-state index in [-0.39, 0.29) is 5.02 Å². The second kappa shape index (κ2) is 5.42. The first-order valence-electron chi connectivity index (χ1n) is 5.35. The molecule has 1 aromatic carbocycles. The summed E-state index contributed by atoms with van der Waals surface area (Å²) in [6.07, 6.45) is 2.56. The van der Waals surface area contributed by atoms with Gasteiger partial charge in [-0.1, -0.05) is 23.7 Å². The molecule has 2 nitrogen and oxygen atoms in total. The average Bonchev–Trinajstić information content (AvgIpc) is 2.37. The van der Waals surface area contributed by atoms with E-state index in [9.17, 15) is 8.78 Å². The standard InChI is InChI=1S/C13H11ClF2N2/c1-17-13(8-5-6-18-7-11(8)15)9-3-2-4-10(14)12(9)16/h2-7,13,17H,1H3. The minimum atomic E-state index is -0.605. The van der Waals surface area contributed by atoms with E-state index in [1.807, 2.05) is 0 Å². The van der Waals surface area contributed by atoms with Crippen LogP contribution in [-0.2, 0) is 0 Å². The molecular weight excluding hydrogens is 258 g/mol. The third-order valence-electron chi connectivity index (χ3n) is 2.70. The first-order chi connectivity index (χ1) is 8.65. The van der Waals surface area contributed by atoms with Gasteiger partial charge in [-0.3, -0.25) is 4.98 Å². The van der Waals surface area contributed by atoms with Crippen LogP contribution in [0.25, 0.3) is 0 Å². The van der Waals surface area contributed by atoms with E-state index in [0.717, 1.165) is 6.20 Å². The van der Waals surface area contributed by atoms with Crippen LogP contribution in [0.15, 0.2) is 36.7 Å². The minimum Gasteiger partial charge on any atom is -0.309 e. The third kappa shape index (κ3) is 2.35. The highest BCUT2D eigenvalue weighted by Gasteiger charge is 2.20. The summed E-state index contributed by atoms with van der Waals surface area (Å²) in [5, 5.41) is 2.89. The van der Waals surface area contributed by atoms with E-state index in [0.29, 0.717) is 11.1 Å². The summed E-state index contributed by atoms with van der Waals surface area (Å²) in [6, 6.07) is 5.56. The topological polar surface area (TPSA) is 24.9 Å². The van der Waals surface area contributed by atoms with E-state index >= 15 is 0 Å². The third-order valence-corrected chi connectivity index (χ3v) is 2.99. The van der Waals surface area contributed by atoms with Crippen LogP contribution in [0.3, 0.4) is 0 Å². The zero-order chi connectivity index (χ0) is 13.1. The summed E-state index contributed by atoms with van der Waals surface area (Å²) in [7, 11) is 1.63. The van der Waals surface area contributed by atoms with Gasteiger partial charge in [-0.05, 0) is 19.2 Å². The van der Waals surface area contributed by atoms with Crippen LogP contribution < -0.4 is 5.32 Å². The fourth-order valence-electron chi connectivity index (χ4n) is 1.84. The molecular formula is C13H11ClF2N2. The Kier molecular flexibility index (Phi) is 3.89. The molecule has 1 unspecified atom stereocenters. The summed E-state index contributed by atoms with van der Waals surface area (Å²) in [5.41, 5.74) is 0.628. The van der Waals surface area contributed by atoms with Crippen LogP contribution in [0.5, 0.6) is 0 Å². The van der Waals surface area contributed by atoms with Crippen molar-refractivity contribution < 1.29 is 8.78 Å². The van der Waals surface area contributed by atoms with Gasteiger partial charge in [0.25, 0.3) is 0 Å². The molecule has 0 aliphatic carbocycles. The van der Waals surface area contributed by atoms with Gasteiger partial charge in [0.2, 0.25) is 0 Å². The van der Waals surface area contributed by atoms with Crippen LogP contribution in [0, 0.1) is 11.6 Å². The lowest BCUT2D eigenvalue weighted by molar-refractivity contribution is 0.544. The lowest BCUT2D eigenvalue weighted by Gasteiger charge is -2.18. The molecule has 0 fully saturated rings. The summed E-state index contributed by atoms with van der Waals surface area (Å²) in [5.74, 6) is -1.04. The molecule has 18 heavy (non-hydrogen) atoms. The Morgan fingerprint density at radius 1 is 1.22 bits per heavy atom. The van der Waals surface area contributed by atoms with Crippen LogP contribution in [0.2, 0.25) is 5.02 Å². The van der Waals surface area contributed by atoms with Gasteiger partial charge in [0.15, 0.2) is 0 Å². The number of benzene rings is 1. The zero-order valence-corrected chi connectivity index (χ0v) is 10.4. The largest absolute Gasteiger partial charge is 0.309 e. The molecule has 1 atom stereocenters. The number of nitrogens with zero attached hydrogens (tertiary/aromatic N) is 1. The molecule has 0 aliphatic heterocycles. The van der Waals surface area contributed by atoms with Gasteiger partial charge in [0.05, 0.1) is 17.3 Å². The predicted octanol–water partition coefficient (Wildman–Crippen LogP) is 3.32. The second-order valence-corrected chi connectivity index (χ2v) is 4.17. The van der Waals surface area contributed by atoms with Crippen molar-refractivity contribution in [2.45, 2.75) is 6.04 Å². The van der Waals surface area contributed by atoms with Crippen LogP contribution >= 0.6 is 11.6 Å². The van der Waals surface area contributed by atoms with E-state index in [4.69, 9.17) is 11.6 Å². The van der Waals surface area contributed by atoms with Gasteiger partial charge in [-0.25, -0.2) is 8.78 Å². The summed E-state index contributed by atoms with van der Waals surface area (Å²) in [6.45, 7) is 0. The van der Waals surface area contributed by atoms with Crippen LogP contribution in [-0.4, -0.2) is 12.0 Å². The van der Waals surface area contributed by atoms with Crippen LogP contribution in [0.4, 0.5) is 8.78 Å². The zero-order valence-electron chi connectivity index (χ0n) is 9.62. The van der Waals surface area contributed by atoms with Crippen molar-refractivity contribution >= 4 is 11.6 Å². The van der Waals surface area contributed by atoms with Gasteiger partial charge < -0.3 is 5.32 Å². The van der Waals surface area contributed by atoms with Crippen molar-refractivity contribution in [3.63, 3.8) is 0 Å². The van der Waals surface area contributed by atoms with Gasteiger partial charge in [-0.15, -0.1) is 0 Å². The average molecular weight is 269 g/mol. The molecule has 0 bridgehead atoms. The fraction of sp³-hybridized carbons (Fsp3) is 0.154. The maximum atomic E-state index is 13.9. The van der Waals surface area contributed by atoms with Crippen molar-refractivity contribution in [2.75, 3.05) is 7.05 Å². The van der Waals surface area contributed by atoms with Gasteiger partial charge in [-0.2, -0.15) is 0 Å². The normalized spacial score (nSPS) is 12.4. The highest BCUT2D eigenvalue weighted by atomic mass is 35.5. The van der Waals surface area contributed by atoms with E-state index in [2.05, 4.69) is 10.3 Å². The lowest BCUT2D eigenvalue weighted by atomic mass is 9.99. The lowest BCUT2D eigenvalue weighted by Crippen LogP contribution is -2.20. The molecule has 0 amide bonds. The molecule has 0 saturated heterocycles. The Morgan fingerprint density at radius 3 is 2.67 bits per heavy atom. The smallest absolute Gasteiger partial charge is 0.146 e. The number of rotatable bonds is 3. The Bertz CT molecular complexity index is 560. The van der Waals surface area contributed by atoms with Gasteiger partial charge in [0.1, 0.15) is 11.6 Å². The maximum Gasteiger partial charge on any atom is 0.146 e. The quantitative estimate of drug-likeness (QED) is 0.924. The number of hydrogen-bond donors (Lipinski definition) is 1. The summed E-state index contributed by atoms with van der Waals surface area (Å²) in [4.78, 5) is 3.67. The fourth-order valence-corrected chi connectivity index (χ4v) is 2.02. The van der Waals surface area contributed by atoms with Crippen molar-refractivity contribution in [3.8, 4) is 0 Å². The number of pyridine rings is 1. The van der Waals surface area contributed by atoms with Gasteiger partial charge in [0, 0.05) is 17.3 Å². The van der Waals surface area contributed by atoms with E-state index < -0.39 is 17.7 Å². The number of aromatic nitrogens is 1. The van der Waals surface area contributed by atoms with Crippen LogP contribution in [0.1, 0.15) is 17.2 Å². The monoisotopic (exact) mass is 268 g/mol. The molecule has 1 aromatic heterocycles. The summed E-state index contributed by atoms with van der Waals surface area (Å²) >= 11 is 5.73. The highest BCUT2D eigenvalue weighted by molar-refractivity contribution is 6.30. The first kappa shape index (κ1) is 12.9. The molecule has 1 heterocycles. The summed E-state index contributed by atoms with van der Waals surface area (Å²) < 4.78 is 27.6. The Morgan fingerprint density at radius 2 is 2.00 bits per heavy atom. The SMILES string of the molecule is CNC(c1ccncc1F)c1cccc(Cl)c1F. The molecule has 1 N–H and O–H groups in total. The molecule has 0 saturated carbocycles. The molecule has 0 spiro atoms. The predicted molar refractivity (Wildman–Crippen MR) is 66.5 cm³/mol. The van der Waals surface area contributed by atoms with Crippen molar-refractivity contribution in [1.82, 2.24) is 10.3 Å². The second-order valence-electron chi connectivity index (χ2n) is 3.76. The van der Waals surface area contributed by atoms with Crippen molar-refractivity contribution in [3.05, 3.63) is 64.4 Å². The highest BCUT2D eigenvalue weighted by Crippen LogP contribution is 2.28. The number of halogens is 3. The van der Waals surface area contributed by atoms with Gasteiger partial charge >= 0.3 is 0 Å². The van der Waals surface area contributed by atoms with Crippen molar-refractivity contribution in [2.24, 2.45) is 0 Å². The molecule has 5 heteroatoms. The molecule has 0 radical (unpaired) electrons. The van der Waals surface area contributed by atoms with E-state index in [1.165, 1.54) is 18.3 Å². The Balaban J connectivity index is 2.53. The number of hydrogen-bond acceptors (Lipinski definition) is 2. The molecule has 0 aliphatic rings. The minimum absolute atomic E-state index is 0.0159. The first-order valence-corrected chi connectivity index (χ1v) is 5.73. The maximum absolute atomic E-state index is 13.9. The molecule has 94 valence electrons. The molecule has 2 aromatic rings. The Labute approximate surface area is 109 Å². The number of nitrogens with one attached hydrogen (secondary N) is 1. The van der Waals surface area contributed by atoms with Crippen molar-refractivity contribution in [1.29, 1.82) is 0 Å². The van der Waals surface area contributed by atoms with E-state index in [1.54, 1.807) is 19.2 Å². The Hall–Kier alpha value is -1.52. The molecule has 2 rings (SSSR count).